The Morgan fingerprint density at radius 3 is 2.50 bits per heavy atom. The number of nitrogens with one attached hydrogen (secondary N) is 1. The number of phenols is 1. The Morgan fingerprint density at radius 1 is 1.29 bits per heavy atom. The van der Waals surface area contributed by atoms with Gasteiger partial charge in [0.1, 0.15) is 5.75 Å². The number of phenolic OH excluding ortho intramolecular Hbond substituents is 1. The van der Waals surface area contributed by atoms with Crippen LogP contribution in [0.1, 0.15) is 25.5 Å². The Balaban J connectivity index is 2.12. The lowest BCUT2D eigenvalue weighted by Gasteiger charge is -2.28. The molecule has 0 radical (unpaired) electrons. The fourth-order valence-electron chi connectivity index (χ4n) is 2.42. The minimum absolute atomic E-state index is 0.0338. The third kappa shape index (κ3) is 4.01. The second-order valence-corrected chi connectivity index (χ2v) is 5.29. The summed E-state index contributed by atoms with van der Waals surface area (Å²) in [4.78, 5) is 24.2. The molecule has 1 atom stereocenters. The number of urea groups is 1. The Kier molecular flexibility index (Phi) is 5.36. The van der Waals surface area contributed by atoms with E-state index in [2.05, 4.69) is 5.32 Å². The fraction of sp³-hybridized carbons (Fsp3) is 0.235. The smallest absolute Gasteiger partial charge is 0.322 e. The Morgan fingerprint density at radius 2 is 1.96 bits per heavy atom. The van der Waals surface area contributed by atoms with Gasteiger partial charge in [0.25, 0.3) is 5.69 Å². The third-order valence-corrected chi connectivity index (χ3v) is 3.75. The van der Waals surface area contributed by atoms with E-state index < -0.39 is 4.92 Å². The predicted octanol–water partition coefficient (Wildman–Crippen LogP) is 3.92. The van der Waals surface area contributed by atoms with E-state index >= 15 is 0 Å². The van der Waals surface area contributed by atoms with Crippen LogP contribution in [0.25, 0.3) is 0 Å². The second kappa shape index (κ2) is 7.45. The van der Waals surface area contributed by atoms with Crippen LogP contribution < -0.4 is 5.32 Å². The van der Waals surface area contributed by atoms with Gasteiger partial charge in [0, 0.05) is 24.4 Å². The van der Waals surface area contributed by atoms with Crippen molar-refractivity contribution in [1.29, 1.82) is 0 Å². The number of anilines is 1. The number of non-ortho nitro benzene ring substituents is 1. The zero-order chi connectivity index (χ0) is 17.7. The molecule has 0 unspecified atom stereocenters. The number of aromatic hydroxyl groups is 1. The van der Waals surface area contributed by atoms with Crippen molar-refractivity contribution >= 4 is 17.4 Å². The second-order valence-electron chi connectivity index (χ2n) is 5.29. The topological polar surface area (TPSA) is 95.7 Å². The molecule has 0 spiro atoms. The molecule has 0 aliphatic carbocycles. The van der Waals surface area contributed by atoms with E-state index in [0.29, 0.717) is 12.2 Å². The number of nitro benzene ring substituents is 1. The van der Waals surface area contributed by atoms with Gasteiger partial charge in [-0.1, -0.05) is 12.1 Å². The van der Waals surface area contributed by atoms with Crippen LogP contribution in [0.3, 0.4) is 0 Å². The zero-order valence-corrected chi connectivity index (χ0v) is 13.5. The van der Waals surface area contributed by atoms with E-state index in [0.717, 1.165) is 5.56 Å². The summed E-state index contributed by atoms with van der Waals surface area (Å²) in [7, 11) is 0. The van der Waals surface area contributed by atoms with Gasteiger partial charge in [-0.05, 0) is 43.7 Å². The summed E-state index contributed by atoms with van der Waals surface area (Å²) < 4.78 is 0. The standard InChI is InChI=1S/C17H19N3O4/c1-3-19(12(2)13-5-4-6-16(21)11-13)17(22)18-14-7-9-15(10-8-14)20(23)24/h4-12,21H,3H2,1-2H3,(H,18,22)/t12-/m0/s1. The molecule has 7 heteroatoms. The first-order valence-electron chi connectivity index (χ1n) is 7.53. The monoisotopic (exact) mass is 329 g/mol. The minimum Gasteiger partial charge on any atom is -0.508 e. The van der Waals surface area contributed by atoms with Crippen LogP contribution in [0.15, 0.2) is 48.5 Å². The molecule has 126 valence electrons. The first-order valence-corrected chi connectivity index (χ1v) is 7.53. The van der Waals surface area contributed by atoms with E-state index in [-0.39, 0.29) is 23.5 Å². The first kappa shape index (κ1) is 17.3. The number of benzene rings is 2. The van der Waals surface area contributed by atoms with Crippen molar-refractivity contribution in [3.8, 4) is 5.75 Å². The number of amides is 2. The number of nitro groups is 1. The van der Waals surface area contributed by atoms with Gasteiger partial charge in [0.15, 0.2) is 0 Å². The van der Waals surface area contributed by atoms with Gasteiger partial charge in [-0.15, -0.1) is 0 Å². The largest absolute Gasteiger partial charge is 0.508 e. The highest BCUT2D eigenvalue weighted by Gasteiger charge is 2.20. The summed E-state index contributed by atoms with van der Waals surface area (Å²) in [5.74, 6) is 0.145. The number of carbonyl (C=O) groups excluding carboxylic acids is 1. The molecule has 2 aromatic carbocycles. The molecule has 2 amide bonds. The lowest BCUT2D eigenvalue weighted by Crippen LogP contribution is -2.36. The number of carbonyl (C=O) groups is 1. The van der Waals surface area contributed by atoms with Gasteiger partial charge in [0.05, 0.1) is 11.0 Å². The van der Waals surface area contributed by atoms with Gasteiger partial charge in [-0.3, -0.25) is 10.1 Å². The lowest BCUT2D eigenvalue weighted by molar-refractivity contribution is -0.384. The van der Waals surface area contributed by atoms with E-state index in [1.807, 2.05) is 19.9 Å². The average Bonchev–Trinajstić information content (AvgIpc) is 2.56. The van der Waals surface area contributed by atoms with Gasteiger partial charge >= 0.3 is 6.03 Å². The molecular weight excluding hydrogens is 310 g/mol. The third-order valence-electron chi connectivity index (χ3n) is 3.75. The molecule has 0 aliphatic heterocycles. The van der Waals surface area contributed by atoms with Crippen LogP contribution in [0.4, 0.5) is 16.2 Å². The zero-order valence-electron chi connectivity index (χ0n) is 13.5. The van der Waals surface area contributed by atoms with Crippen LogP contribution in [0.2, 0.25) is 0 Å². The van der Waals surface area contributed by atoms with Gasteiger partial charge in [0.2, 0.25) is 0 Å². The van der Waals surface area contributed by atoms with E-state index in [1.54, 1.807) is 23.1 Å². The summed E-state index contributed by atoms with van der Waals surface area (Å²) in [6.45, 7) is 4.19. The molecule has 0 saturated heterocycles. The highest BCUT2D eigenvalue weighted by atomic mass is 16.6. The van der Waals surface area contributed by atoms with Crippen molar-refractivity contribution in [1.82, 2.24) is 4.90 Å². The van der Waals surface area contributed by atoms with Gasteiger partial charge in [-0.25, -0.2) is 4.79 Å². The molecule has 2 rings (SSSR count). The number of hydrogen-bond acceptors (Lipinski definition) is 4. The summed E-state index contributed by atoms with van der Waals surface area (Å²) in [5, 5.41) is 23.0. The minimum atomic E-state index is -0.492. The van der Waals surface area contributed by atoms with Crippen molar-refractivity contribution in [2.45, 2.75) is 19.9 Å². The van der Waals surface area contributed by atoms with E-state index in [9.17, 15) is 20.0 Å². The maximum absolute atomic E-state index is 12.5. The molecule has 0 aliphatic rings. The van der Waals surface area contributed by atoms with Crippen molar-refractivity contribution in [2.75, 3.05) is 11.9 Å². The number of rotatable bonds is 5. The molecular formula is C17H19N3O4. The molecule has 0 fully saturated rings. The SMILES string of the molecule is CCN(C(=O)Nc1ccc([N+](=O)[O-])cc1)[C@@H](C)c1cccc(O)c1. The average molecular weight is 329 g/mol. The summed E-state index contributed by atoms with van der Waals surface area (Å²) in [5.41, 5.74) is 1.26. The molecule has 0 saturated carbocycles. The van der Waals surface area contributed by atoms with Crippen LogP contribution >= 0.6 is 0 Å². The van der Waals surface area contributed by atoms with Gasteiger partial charge in [-0.2, -0.15) is 0 Å². The van der Waals surface area contributed by atoms with Crippen molar-refractivity contribution in [3.63, 3.8) is 0 Å². The van der Waals surface area contributed by atoms with E-state index in [4.69, 9.17) is 0 Å². The van der Waals surface area contributed by atoms with Crippen LogP contribution in [-0.2, 0) is 0 Å². The van der Waals surface area contributed by atoms with Crippen LogP contribution in [-0.4, -0.2) is 27.5 Å². The van der Waals surface area contributed by atoms with Gasteiger partial charge < -0.3 is 15.3 Å². The molecule has 0 bridgehead atoms. The maximum atomic E-state index is 12.5. The molecule has 0 aromatic heterocycles. The quantitative estimate of drug-likeness (QED) is 0.642. The first-order chi connectivity index (χ1) is 11.4. The van der Waals surface area contributed by atoms with Crippen molar-refractivity contribution < 1.29 is 14.8 Å². The Bertz CT molecular complexity index is 731. The maximum Gasteiger partial charge on any atom is 0.322 e. The fourth-order valence-corrected chi connectivity index (χ4v) is 2.42. The Hall–Kier alpha value is -3.09. The summed E-state index contributed by atoms with van der Waals surface area (Å²) >= 11 is 0. The summed E-state index contributed by atoms with van der Waals surface area (Å²) in [6, 6.07) is 11.9. The number of hydrogen-bond donors (Lipinski definition) is 2. The Labute approximate surface area is 139 Å². The molecule has 24 heavy (non-hydrogen) atoms. The van der Waals surface area contributed by atoms with Crippen LogP contribution in [0.5, 0.6) is 5.75 Å². The predicted molar refractivity (Wildman–Crippen MR) is 91.0 cm³/mol. The van der Waals surface area contributed by atoms with Crippen molar-refractivity contribution in [3.05, 3.63) is 64.2 Å². The molecule has 2 N–H and O–H groups in total. The summed E-state index contributed by atoms with van der Waals surface area (Å²) in [6.07, 6.45) is 0. The highest BCUT2D eigenvalue weighted by molar-refractivity contribution is 5.89. The van der Waals surface area contributed by atoms with Crippen molar-refractivity contribution in [2.24, 2.45) is 0 Å². The number of nitrogens with zero attached hydrogens (tertiary/aromatic N) is 2. The molecule has 7 nitrogen and oxygen atoms in total. The van der Waals surface area contributed by atoms with Crippen LogP contribution in [0, 0.1) is 10.1 Å². The highest BCUT2D eigenvalue weighted by Crippen LogP contribution is 2.24. The normalized spacial score (nSPS) is 11.6. The lowest BCUT2D eigenvalue weighted by atomic mass is 10.1. The molecule has 0 heterocycles. The van der Waals surface area contributed by atoms with E-state index in [1.165, 1.54) is 24.3 Å². The molecule has 2 aromatic rings.